The molecule has 0 spiro atoms. The second-order valence-corrected chi connectivity index (χ2v) is 7.12. The van der Waals surface area contributed by atoms with Crippen molar-refractivity contribution in [2.24, 2.45) is 14.1 Å². The molecule has 0 saturated carbocycles. The molecule has 3 aromatic rings. The van der Waals surface area contributed by atoms with E-state index in [1.807, 2.05) is 6.92 Å². The van der Waals surface area contributed by atoms with Gasteiger partial charge in [0.1, 0.15) is 5.82 Å². The second kappa shape index (κ2) is 7.45. The lowest BCUT2D eigenvalue weighted by molar-refractivity contribution is -0.147. The van der Waals surface area contributed by atoms with Crippen LogP contribution in [0.2, 0.25) is 0 Å². The first kappa shape index (κ1) is 20.2. The van der Waals surface area contributed by atoms with Crippen molar-refractivity contribution < 1.29 is 13.2 Å². The number of aryl methyl sites for hydroxylation is 2. The lowest BCUT2D eigenvalue weighted by atomic mass is 10.3. The molecule has 1 N–H and O–H groups in total. The van der Waals surface area contributed by atoms with Crippen molar-refractivity contribution in [1.29, 1.82) is 0 Å². The van der Waals surface area contributed by atoms with Crippen LogP contribution in [0, 0.1) is 0 Å². The van der Waals surface area contributed by atoms with Crippen LogP contribution < -0.4 is 11.2 Å². The van der Waals surface area contributed by atoms with Gasteiger partial charge in [0.15, 0.2) is 16.3 Å². The van der Waals surface area contributed by atoms with E-state index in [2.05, 4.69) is 20.2 Å². The van der Waals surface area contributed by atoms with E-state index in [9.17, 15) is 22.8 Å². The summed E-state index contributed by atoms with van der Waals surface area (Å²) >= 11 is 1.01. The van der Waals surface area contributed by atoms with E-state index in [1.165, 1.54) is 16.2 Å². The summed E-state index contributed by atoms with van der Waals surface area (Å²) in [6.07, 6.45) is -3.00. The summed E-state index contributed by atoms with van der Waals surface area (Å²) in [5.41, 5.74) is -0.599. The number of hydrogen-bond donors (Lipinski definition) is 1. The van der Waals surface area contributed by atoms with Gasteiger partial charge < -0.3 is 9.13 Å². The van der Waals surface area contributed by atoms with E-state index in [1.54, 1.807) is 7.05 Å². The molecule has 0 aliphatic heterocycles. The zero-order chi connectivity index (χ0) is 20.6. The summed E-state index contributed by atoms with van der Waals surface area (Å²) in [4.78, 5) is 31.0. The van der Waals surface area contributed by atoms with Crippen LogP contribution in [0.5, 0.6) is 0 Å². The standard InChI is InChI=1S/C15H18F3N7O2S/c1-4-5-6-25-10-9(11(26)20-13(25)27)23(2)8(19-10)7-28-14-22-21-12(24(14)3)15(16,17)18/h4-7H2,1-3H3,(H,20,26,27). The highest BCUT2D eigenvalue weighted by Crippen LogP contribution is 2.30. The van der Waals surface area contributed by atoms with Crippen molar-refractivity contribution in [2.45, 2.75) is 43.4 Å². The molecule has 3 rings (SSSR count). The molecule has 0 fully saturated rings. The quantitative estimate of drug-likeness (QED) is 0.612. The molecule has 152 valence electrons. The van der Waals surface area contributed by atoms with Gasteiger partial charge in [-0.2, -0.15) is 13.2 Å². The van der Waals surface area contributed by atoms with Gasteiger partial charge in [0.25, 0.3) is 5.56 Å². The zero-order valence-electron chi connectivity index (χ0n) is 15.4. The fourth-order valence-electron chi connectivity index (χ4n) is 2.76. The molecule has 3 heterocycles. The number of thioether (sulfide) groups is 1. The highest BCUT2D eigenvalue weighted by atomic mass is 32.2. The van der Waals surface area contributed by atoms with E-state index in [4.69, 9.17) is 0 Å². The Hall–Kier alpha value is -2.57. The monoisotopic (exact) mass is 417 g/mol. The lowest BCUT2D eigenvalue weighted by Gasteiger charge is -2.06. The van der Waals surface area contributed by atoms with Gasteiger partial charge in [-0.25, -0.2) is 9.78 Å². The number of halogens is 3. The van der Waals surface area contributed by atoms with E-state index in [-0.39, 0.29) is 22.1 Å². The van der Waals surface area contributed by atoms with Gasteiger partial charge in [-0.05, 0) is 6.42 Å². The predicted octanol–water partition coefficient (Wildman–Crippen LogP) is 1.66. The molecule has 0 radical (unpaired) electrons. The Labute approximate surface area is 160 Å². The maximum Gasteiger partial charge on any atom is 0.451 e. The third-order valence-corrected chi connectivity index (χ3v) is 5.28. The van der Waals surface area contributed by atoms with Gasteiger partial charge in [-0.3, -0.25) is 14.3 Å². The molecular weight excluding hydrogens is 399 g/mol. The molecule has 13 heteroatoms. The number of nitrogens with one attached hydrogen (secondary N) is 1. The number of rotatable bonds is 6. The van der Waals surface area contributed by atoms with Crippen LogP contribution >= 0.6 is 11.8 Å². The van der Waals surface area contributed by atoms with Gasteiger partial charge in [0.05, 0.1) is 5.75 Å². The summed E-state index contributed by atoms with van der Waals surface area (Å²) in [5.74, 6) is -0.515. The summed E-state index contributed by atoms with van der Waals surface area (Å²) in [6.45, 7) is 2.38. The first-order valence-electron chi connectivity index (χ1n) is 8.43. The number of unbranched alkanes of at least 4 members (excludes halogenated alkanes) is 1. The maximum atomic E-state index is 12.8. The van der Waals surface area contributed by atoms with E-state index in [0.29, 0.717) is 12.4 Å². The molecule has 0 aliphatic rings. The van der Waals surface area contributed by atoms with Crippen LogP contribution in [0.15, 0.2) is 14.7 Å². The fourth-order valence-corrected chi connectivity index (χ4v) is 3.66. The first-order valence-corrected chi connectivity index (χ1v) is 9.41. The van der Waals surface area contributed by atoms with E-state index >= 15 is 0 Å². The van der Waals surface area contributed by atoms with E-state index in [0.717, 1.165) is 29.2 Å². The van der Waals surface area contributed by atoms with Crippen LogP contribution in [-0.2, 0) is 32.6 Å². The average molecular weight is 417 g/mol. The van der Waals surface area contributed by atoms with E-state index < -0.39 is 23.2 Å². The van der Waals surface area contributed by atoms with Gasteiger partial charge in [-0.15, -0.1) is 10.2 Å². The predicted molar refractivity (Wildman–Crippen MR) is 96.1 cm³/mol. The number of H-pyrrole nitrogens is 1. The third-order valence-electron chi connectivity index (χ3n) is 4.26. The Bertz CT molecular complexity index is 1130. The van der Waals surface area contributed by atoms with Crippen molar-refractivity contribution in [3.63, 3.8) is 0 Å². The van der Waals surface area contributed by atoms with Crippen LogP contribution in [-0.4, -0.2) is 33.9 Å². The smallest absolute Gasteiger partial charge is 0.325 e. The first-order chi connectivity index (χ1) is 13.1. The van der Waals surface area contributed by atoms with Gasteiger partial charge >= 0.3 is 11.9 Å². The number of fused-ring (bicyclic) bond motifs is 1. The fraction of sp³-hybridized carbons (Fsp3) is 0.533. The zero-order valence-corrected chi connectivity index (χ0v) is 16.2. The molecule has 0 aliphatic carbocycles. The number of aromatic nitrogens is 7. The molecule has 0 saturated heterocycles. The Morgan fingerprint density at radius 3 is 2.46 bits per heavy atom. The van der Waals surface area contributed by atoms with Crippen molar-refractivity contribution in [3.05, 3.63) is 32.5 Å². The molecule has 28 heavy (non-hydrogen) atoms. The second-order valence-electron chi connectivity index (χ2n) is 6.18. The summed E-state index contributed by atoms with van der Waals surface area (Å²) in [7, 11) is 2.85. The van der Waals surface area contributed by atoms with Gasteiger partial charge in [0.2, 0.25) is 5.82 Å². The van der Waals surface area contributed by atoms with Crippen LogP contribution in [0.1, 0.15) is 31.4 Å². The molecule has 0 atom stereocenters. The maximum absolute atomic E-state index is 12.8. The molecule has 3 aromatic heterocycles. The summed E-state index contributed by atoms with van der Waals surface area (Å²) < 4.78 is 42.3. The molecule has 0 amide bonds. The number of aromatic amines is 1. The molecule has 0 unspecified atom stereocenters. The molecule has 9 nitrogen and oxygen atoms in total. The van der Waals surface area contributed by atoms with Gasteiger partial charge in [-0.1, -0.05) is 25.1 Å². The molecule has 0 bridgehead atoms. The highest BCUT2D eigenvalue weighted by Gasteiger charge is 2.37. The Morgan fingerprint density at radius 1 is 1.14 bits per heavy atom. The number of alkyl halides is 3. The minimum absolute atomic E-state index is 0.0664. The topological polar surface area (TPSA) is 103 Å². The minimum atomic E-state index is -4.60. The third kappa shape index (κ3) is 3.57. The SMILES string of the molecule is CCCCn1c(=O)[nH]c(=O)c2c1nc(CSc1nnc(C(F)(F)F)n1C)n2C. The van der Waals surface area contributed by atoms with Crippen molar-refractivity contribution in [3.8, 4) is 0 Å². The van der Waals surface area contributed by atoms with Gasteiger partial charge in [0, 0.05) is 20.6 Å². The number of hydrogen-bond acceptors (Lipinski definition) is 6. The van der Waals surface area contributed by atoms with Crippen LogP contribution in [0.3, 0.4) is 0 Å². The average Bonchev–Trinajstić information content (AvgIpc) is 3.13. The van der Waals surface area contributed by atoms with Crippen LogP contribution in [0.4, 0.5) is 13.2 Å². The van der Waals surface area contributed by atoms with Crippen molar-refractivity contribution >= 4 is 22.9 Å². The highest BCUT2D eigenvalue weighted by molar-refractivity contribution is 7.98. The Balaban J connectivity index is 1.96. The molecular formula is C15H18F3N7O2S. The normalized spacial score (nSPS) is 12.2. The lowest BCUT2D eigenvalue weighted by Crippen LogP contribution is -2.31. The number of imidazole rings is 1. The summed E-state index contributed by atoms with van der Waals surface area (Å²) in [5, 5.41) is 6.81. The number of nitrogens with zero attached hydrogens (tertiary/aromatic N) is 6. The Kier molecular flexibility index (Phi) is 5.37. The molecule has 0 aromatic carbocycles. The largest absolute Gasteiger partial charge is 0.451 e. The van der Waals surface area contributed by atoms with Crippen molar-refractivity contribution in [1.82, 2.24) is 33.9 Å². The van der Waals surface area contributed by atoms with Crippen molar-refractivity contribution in [2.75, 3.05) is 0 Å². The summed E-state index contributed by atoms with van der Waals surface area (Å²) in [6, 6.07) is 0. The Morgan fingerprint density at radius 2 is 1.86 bits per heavy atom. The van der Waals surface area contributed by atoms with Crippen LogP contribution in [0.25, 0.3) is 11.2 Å². The minimum Gasteiger partial charge on any atom is -0.325 e.